The van der Waals surface area contributed by atoms with Crippen molar-refractivity contribution < 1.29 is 0 Å². The second-order valence-electron chi connectivity index (χ2n) is 4.77. The molecule has 0 aliphatic heterocycles. The van der Waals surface area contributed by atoms with Crippen LogP contribution in [0.4, 0.5) is 0 Å². The van der Waals surface area contributed by atoms with Crippen LogP contribution in [0.5, 0.6) is 0 Å². The summed E-state index contributed by atoms with van der Waals surface area (Å²) < 4.78 is 0. The zero-order valence-corrected chi connectivity index (χ0v) is 13.7. The molecule has 0 radical (unpaired) electrons. The van der Waals surface area contributed by atoms with E-state index in [0.717, 1.165) is 12.1 Å². The molecule has 102 valence electrons. The average Bonchev–Trinajstić information content (AvgIpc) is 2.89. The molecule has 0 saturated carbocycles. The molecule has 0 saturated heterocycles. The smallest absolute Gasteiger partial charge is 0.0932 e. The minimum atomic E-state index is 0.672. The fraction of sp³-hybridized carbons (Fsp3) is 0.438. The van der Waals surface area contributed by atoms with Crippen molar-refractivity contribution in [3.63, 3.8) is 0 Å². The lowest BCUT2D eigenvalue weighted by Gasteiger charge is -2.06. The molecule has 0 bridgehead atoms. The number of aryl methyl sites for hydroxylation is 1. The molecular formula is C16H20BrNS. The van der Waals surface area contributed by atoms with E-state index in [0.29, 0.717) is 4.83 Å². The van der Waals surface area contributed by atoms with Gasteiger partial charge >= 0.3 is 0 Å². The van der Waals surface area contributed by atoms with Gasteiger partial charge in [-0.1, -0.05) is 59.6 Å². The van der Waals surface area contributed by atoms with Gasteiger partial charge in [-0.05, 0) is 25.7 Å². The van der Waals surface area contributed by atoms with Gasteiger partial charge < -0.3 is 0 Å². The summed E-state index contributed by atoms with van der Waals surface area (Å²) >= 11 is 5.52. The van der Waals surface area contributed by atoms with E-state index in [1.165, 1.54) is 36.3 Å². The maximum atomic E-state index is 4.73. The van der Waals surface area contributed by atoms with Gasteiger partial charge in [-0.15, -0.1) is 11.3 Å². The summed E-state index contributed by atoms with van der Waals surface area (Å²) in [4.78, 5) is 5.40. The number of benzene rings is 1. The highest BCUT2D eigenvalue weighted by Gasteiger charge is 2.06. The van der Waals surface area contributed by atoms with Gasteiger partial charge in [0.1, 0.15) is 0 Å². The van der Waals surface area contributed by atoms with E-state index in [4.69, 9.17) is 4.98 Å². The van der Waals surface area contributed by atoms with Gasteiger partial charge in [0.25, 0.3) is 0 Å². The molecule has 0 fully saturated rings. The SMILES string of the molecule is CCCC(Br)CCCc1nc(-c2ccccc2)cs1. The van der Waals surface area contributed by atoms with E-state index in [2.05, 4.69) is 52.5 Å². The van der Waals surface area contributed by atoms with Crippen LogP contribution in [0.1, 0.15) is 37.6 Å². The van der Waals surface area contributed by atoms with Crippen LogP contribution >= 0.6 is 27.3 Å². The normalized spacial score (nSPS) is 12.5. The van der Waals surface area contributed by atoms with Gasteiger partial charge in [0.05, 0.1) is 10.7 Å². The minimum absolute atomic E-state index is 0.672. The molecule has 1 nitrogen and oxygen atoms in total. The predicted octanol–water partition coefficient (Wildman–Crippen LogP) is 5.70. The maximum Gasteiger partial charge on any atom is 0.0932 e. The molecule has 1 unspecified atom stereocenters. The Kier molecular flexibility index (Phi) is 6.05. The minimum Gasteiger partial charge on any atom is -0.241 e. The molecule has 3 heteroatoms. The molecule has 19 heavy (non-hydrogen) atoms. The van der Waals surface area contributed by atoms with Crippen molar-refractivity contribution >= 4 is 27.3 Å². The van der Waals surface area contributed by atoms with E-state index in [1.807, 2.05) is 6.07 Å². The Morgan fingerprint density at radius 2 is 2.00 bits per heavy atom. The van der Waals surface area contributed by atoms with Crippen molar-refractivity contribution in [3.8, 4) is 11.3 Å². The summed E-state index contributed by atoms with van der Waals surface area (Å²) in [6, 6.07) is 10.4. The van der Waals surface area contributed by atoms with Gasteiger partial charge in [0.2, 0.25) is 0 Å². The summed E-state index contributed by atoms with van der Waals surface area (Å²) in [6.45, 7) is 2.24. The van der Waals surface area contributed by atoms with Gasteiger partial charge in [-0.2, -0.15) is 0 Å². The number of hydrogen-bond acceptors (Lipinski definition) is 2. The Morgan fingerprint density at radius 3 is 2.74 bits per heavy atom. The van der Waals surface area contributed by atoms with Crippen LogP contribution < -0.4 is 0 Å². The topological polar surface area (TPSA) is 12.9 Å². The molecule has 0 spiro atoms. The third-order valence-corrected chi connectivity index (χ3v) is 4.96. The first-order chi connectivity index (χ1) is 9.29. The first kappa shape index (κ1) is 14.7. The molecule has 1 aromatic heterocycles. The molecule has 1 atom stereocenters. The van der Waals surface area contributed by atoms with E-state index < -0.39 is 0 Å². The molecule has 0 aliphatic rings. The Balaban J connectivity index is 1.85. The highest BCUT2D eigenvalue weighted by atomic mass is 79.9. The second-order valence-corrected chi connectivity index (χ2v) is 7.01. The molecular weight excluding hydrogens is 318 g/mol. The van der Waals surface area contributed by atoms with Crippen LogP contribution in [-0.4, -0.2) is 9.81 Å². The van der Waals surface area contributed by atoms with Gasteiger partial charge in [-0.3, -0.25) is 0 Å². The monoisotopic (exact) mass is 337 g/mol. The zero-order chi connectivity index (χ0) is 13.5. The first-order valence-corrected chi connectivity index (χ1v) is 8.73. The van der Waals surface area contributed by atoms with Crippen molar-refractivity contribution in [3.05, 3.63) is 40.7 Å². The van der Waals surface area contributed by atoms with Crippen LogP contribution in [0.3, 0.4) is 0 Å². The molecule has 0 N–H and O–H groups in total. The van der Waals surface area contributed by atoms with Crippen LogP contribution in [0.2, 0.25) is 0 Å². The summed E-state index contributed by atoms with van der Waals surface area (Å²) in [5.74, 6) is 0. The van der Waals surface area contributed by atoms with Crippen LogP contribution in [0.15, 0.2) is 35.7 Å². The maximum absolute atomic E-state index is 4.73. The van der Waals surface area contributed by atoms with Crippen molar-refractivity contribution in [1.82, 2.24) is 4.98 Å². The number of thiazole rings is 1. The lowest BCUT2D eigenvalue weighted by molar-refractivity contribution is 0.654. The van der Waals surface area contributed by atoms with Crippen molar-refractivity contribution in [2.24, 2.45) is 0 Å². The van der Waals surface area contributed by atoms with Gasteiger partial charge in [-0.25, -0.2) is 4.98 Å². The van der Waals surface area contributed by atoms with Crippen molar-refractivity contribution in [2.75, 3.05) is 0 Å². The highest BCUT2D eigenvalue weighted by molar-refractivity contribution is 9.09. The number of rotatable bonds is 7. The van der Waals surface area contributed by atoms with E-state index in [-0.39, 0.29) is 0 Å². The van der Waals surface area contributed by atoms with Crippen LogP contribution in [0.25, 0.3) is 11.3 Å². The quantitative estimate of drug-likeness (QED) is 0.591. The third-order valence-electron chi connectivity index (χ3n) is 3.13. The highest BCUT2D eigenvalue weighted by Crippen LogP contribution is 2.23. The van der Waals surface area contributed by atoms with E-state index in [1.54, 1.807) is 11.3 Å². The van der Waals surface area contributed by atoms with Crippen LogP contribution in [0, 0.1) is 0 Å². The summed E-state index contributed by atoms with van der Waals surface area (Å²) in [5.41, 5.74) is 2.33. The fourth-order valence-corrected chi connectivity index (χ4v) is 3.73. The average molecular weight is 338 g/mol. The zero-order valence-electron chi connectivity index (χ0n) is 11.3. The second kappa shape index (κ2) is 7.81. The van der Waals surface area contributed by atoms with E-state index in [9.17, 15) is 0 Å². The standard InChI is InChI=1S/C16H20BrNS/c1-2-7-14(17)10-6-11-16-18-15(12-19-16)13-8-4-3-5-9-13/h3-5,8-9,12,14H,2,6-7,10-11H2,1H3. The summed E-state index contributed by atoms with van der Waals surface area (Å²) in [6.07, 6.45) is 6.09. The number of alkyl halides is 1. The third kappa shape index (κ3) is 4.73. The number of halogens is 1. The molecule has 1 heterocycles. The molecule has 2 rings (SSSR count). The largest absolute Gasteiger partial charge is 0.241 e. The lowest BCUT2D eigenvalue weighted by atomic mass is 10.1. The number of hydrogen-bond donors (Lipinski definition) is 0. The Labute approximate surface area is 128 Å². The molecule has 0 aliphatic carbocycles. The summed E-state index contributed by atoms with van der Waals surface area (Å²) in [5, 5.41) is 3.43. The molecule has 0 amide bonds. The fourth-order valence-electron chi connectivity index (χ4n) is 2.10. The first-order valence-electron chi connectivity index (χ1n) is 6.93. The Bertz CT molecular complexity index is 481. The molecule has 1 aromatic carbocycles. The Morgan fingerprint density at radius 1 is 1.21 bits per heavy atom. The Hall–Kier alpha value is -0.670. The summed E-state index contributed by atoms with van der Waals surface area (Å²) in [7, 11) is 0. The predicted molar refractivity (Wildman–Crippen MR) is 88.1 cm³/mol. The number of nitrogens with zero attached hydrogens (tertiary/aromatic N) is 1. The number of aromatic nitrogens is 1. The van der Waals surface area contributed by atoms with Gasteiger partial charge in [0, 0.05) is 15.8 Å². The van der Waals surface area contributed by atoms with Gasteiger partial charge in [0.15, 0.2) is 0 Å². The van der Waals surface area contributed by atoms with E-state index >= 15 is 0 Å². The molecule has 2 aromatic rings. The van der Waals surface area contributed by atoms with Crippen molar-refractivity contribution in [1.29, 1.82) is 0 Å². The van der Waals surface area contributed by atoms with Crippen molar-refractivity contribution in [2.45, 2.75) is 43.9 Å². The van der Waals surface area contributed by atoms with Crippen LogP contribution in [-0.2, 0) is 6.42 Å². The lowest BCUT2D eigenvalue weighted by Crippen LogP contribution is -1.97.